The van der Waals surface area contributed by atoms with E-state index in [9.17, 15) is 0 Å². The van der Waals surface area contributed by atoms with Crippen molar-refractivity contribution in [1.29, 1.82) is 0 Å². The molecule has 0 aliphatic heterocycles. The van der Waals surface area contributed by atoms with Gasteiger partial charge in [0.1, 0.15) is 0 Å². The Labute approximate surface area is 83.3 Å². The van der Waals surface area contributed by atoms with Crippen LogP contribution in [0.2, 0.25) is 0 Å². The largest absolute Gasteiger partial charge is 0.308 e. The second-order valence-corrected chi connectivity index (χ2v) is 3.95. The van der Waals surface area contributed by atoms with Crippen LogP contribution in [0.5, 0.6) is 0 Å². The highest BCUT2D eigenvalue weighted by molar-refractivity contribution is 4.62. The van der Waals surface area contributed by atoms with Gasteiger partial charge in [-0.25, -0.2) is 0 Å². The van der Waals surface area contributed by atoms with Crippen LogP contribution < -0.4 is 0 Å². The summed E-state index contributed by atoms with van der Waals surface area (Å²) in [6.07, 6.45) is 0. The lowest BCUT2D eigenvalue weighted by Crippen LogP contribution is -2.36. The van der Waals surface area contributed by atoms with Crippen molar-refractivity contribution in [3.05, 3.63) is 6.92 Å². The fourth-order valence-electron chi connectivity index (χ4n) is 1.02. The Kier molecular flexibility index (Phi) is 7.23. The average Bonchev–Trinajstić information content (AvgIpc) is 2.04. The summed E-state index contributed by atoms with van der Waals surface area (Å²) in [7, 11) is 8.42. The van der Waals surface area contributed by atoms with Crippen molar-refractivity contribution in [3.63, 3.8) is 0 Å². The molecule has 0 aromatic rings. The van der Waals surface area contributed by atoms with Gasteiger partial charge < -0.3 is 14.7 Å². The van der Waals surface area contributed by atoms with Gasteiger partial charge in [0.05, 0.1) is 0 Å². The van der Waals surface area contributed by atoms with E-state index in [1.54, 1.807) is 0 Å². The van der Waals surface area contributed by atoms with Crippen LogP contribution in [0, 0.1) is 6.92 Å². The molecule has 0 amide bonds. The zero-order valence-electron chi connectivity index (χ0n) is 9.58. The third-order valence-corrected chi connectivity index (χ3v) is 2.04. The second kappa shape index (κ2) is 7.30. The van der Waals surface area contributed by atoms with Crippen LogP contribution in [0.25, 0.3) is 0 Å². The molecule has 0 aliphatic carbocycles. The van der Waals surface area contributed by atoms with Crippen LogP contribution >= 0.6 is 0 Å². The topological polar surface area (TPSA) is 9.72 Å². The van der Waals surface area contributed by atoms with Crippen LogP contribution in [-0.2, 0) is 0 Å². The Morgan fingerprint density at radius 2 is 1.15 bits per heavy atom. The molecule has 0 rings (SSSR count). The monoisotopic (exact) mass is 186 g/mol. The van der Waals surface area contributed by atoms with Crippen molar-refractivity contribution in [2.45, 2.75) is 0 Å². The van der Waals surface area contributed by atoms with Crippen molar-refractivity contribution >= 4 is 0 Å². The number of rotatable bonds is 7. The number of hydrogen-bond donors (Lipinski definition) is 0. The maximum Gasteiger partial charge on any atom is 0.0110 e. The van der Waals surface area contributed by atoms with Gasteiger partial charge in [-0.15, -0.1) is 0 Å². The van der Waals surface area contributed by atoms with E-state index in [1.165, 1.54) is 0 Å². The minimum atomic E-state index is 0.904. The highest BCUT2D eigenvalue weighted by Crippen LogP contribution is 1.89. The van der Waals surface area contributed by atoms with Gasteiger partial charge in [-0.2, -0.15) is 0 Å². The van der Waals surface area contributed by atoms with Crippen LogP contribution in [0.4, 0.5) is 0 Å². The van der Waals surface area contributed by atoms with E-state index in [-0.39, 0.29) is 0 Å². The van der Waals surface area contributed by atoms with Gasteiger partial charge in [0.25, 0.3) is 0 Å². The predicted octanol–water partition coefficient (Wildman–Crippen LogP) is 0.246. The van der Waals surface area contributed by atoms with E-state index in [2.05, 4.69) is 49.8 Å². The molecular formula is C10H24N3. The van der Waals surface area contributed by atoms with Gasteiger partial charge in [-0.3, -0.25) is 0 Å². The van der Waals surface area contributed by atoms with Gasteiger partial charge >= 0.3 is 0 Å². The normalized spacial score (nSPS) is 12.0. The average molecular weight is 186 g/mol. The van der Waals surface area contributed by atoms with Gasteiger partial charge in [0.2, 0.25) is 0 Å². The van der Waals surface area contributed by atoms with Crippen molar-refractivity contribution in [3.8, 4) is 0 Å². The minimum Gasteiger partial charge on any atom is -0.308 e. The zero-order chi connectivity index (χ0) is 10.3. The first-order valence-electron chi connectivity index (χ1n) is 4.87. The summed E-state index contributed by atoms with van der Waals surface area (Å²) in [4.78, 5) is 6.79. The molecule has 0 N–H and O–H groups in total. The Morgan fingerprint density at radius 1 is 0.769 bits per heavy atom. The van der Waals surface area contributed by atoms with E-state index in [1.807, 2.05) is 0 Å². The molecule has 13 heavy (non-hydrogen) atoms. The molecule has 0 heterocycles. The Balaban J connectivity index is 3.51. The lowest BCUT2D eigenvalue weighted by Gasteiger charge is -2.23. The quantitative estimate of drug-likeness (QED) is 0.564. The van der Waals surface area contributed by atoms with E-state index in [4.69, 9.17) is 0 Å². The van der Waals surface area contributed by atoms with Crippen LogP contribution in [0.3, 0.4) is 0 Å². The zero-order valence-corrected chi connectivity index (χ0v) is 9.58. The molecule has 0 aromatic heterocycles. The third kappa shape index (κ3) is 8.22. The molecule has 0 atom stereocenters. The first kappa shape index (κ1) is 12.9. The molecule has 1 radical (unpaired) electrons. The summed E-state index contributed by atoms with van der Waals surface area (Å²) in [5, 5.41) is 0. The third-order valence-electron chi connectivity index (χ3n) is 2.04. The summed E-state index contributed by atoms with van der Waals surface area (Å²) >= 11 is 0. The summed E-state index contributed by atoms with van der Waals surface area (Å²) in [6.45, 7) is 9.29. The molecule has 0 aliphatic rings. The van der Waals surface area contributed by atoms with E-state index in [0.717, 1.165) is 32.7 Å². The summed E-state index contributed by atoms with van der Waals surface area (Å²) in [5.41, 5.74) is 0. The Morgan fingerprint density at radius 3 is 1.38 bits per heavy atom. The van der Waals surface area contributed by atoms with Crippen molar-refractivity contribution in [2.75, 3.05) is 60.9 Å². The van der Waals surface area contributed by atoms with E-state index < -0.39 is 0 Å². The fraction of sp³-hybridized carbons (Fsp3) is 0.900. The first-order valence-corrected chi connectivity index (χ1v) is 4.87. The number of likely N-dealkylation sites (N-methyl/N-ethyl adjacent to an activating group) is 2. The molecule has 0 spiro atoms. The molecular weight excluding hydrogens is 162 g/mol. The van der Waals surface area contributed by atoms with Gasteiger partial charge in [-0.05, 0) is 41.7 Å². The molecule has 0 saturated heterocycles. The molecule has 79 valence electrons. The predicted molar refractivity (Wildman–Crippen MR) is 58.9 cm³/mol. The van der Waals surface area contributed by atoms with Crippen molar-refractivity contribution in [2.24, 2.45) is 0 Å². The van der Waals surface area contributed by atoms with Gasteiger partial charge in [0.15, 0.2) is 0 Å². The first-order chi connectivity index (χ1) is 6.06. The standard InChI is InChI=1S/C10H24N3/c1-6-13(9-7-11(2)3)10-8-12(4)5/h1,6-10H2,2-5H3. The molecule has 3 heteroatoms. The molecule has 3 nitrogen and oxygen atoms in total. The minimum absolute atomic E-state index is 0.904. The lowest BCUT2D eigenvalue weighted by atomic mass is 10.4. The Hall–Kier alpha value is -0.120. The van der Waals surface area contributed by atoms with Crippen molar-refractivity contribution in [1.82, 2.24) is 14.7 Å². The summed E-state index contributed by atoms with van der Waals surface area (Å²) < 4.78 is 0. The van der Waals surface area contributed by atoms with Crippen LogP contribution in [0.15, 0.2) is 0 Å². The van der Waals surface area contributed by atoms with E-state index in [0.29, 0.717) is 0 Å². The number of hydrogen-bond acceptors (Lipinski definition) is 3. The second-order valence-electron chi connectivity index (χ2n) is 3.95. The highest BCUT2D eigenvalue weighted by atomic mass is 15.2. The van der Waals surface area contributed by atoms with Crippen molar-refractivity contribution < 1.29 is 0 Å². The SMILES string of the molecule is [CH2]CN(CCN(C)C)CCN(C)C. The van der Waals surface area contributed by atoms with Gasteiger partial charge in [0, 0.05) is 26.2 Å². The highest BCUT2D eigenvalue weighted by Gasteiger charge is 2.02. The maximum absolute atomic E-state index is 3.93. The molecule has 0 aromatic carbocycles. The van der Waals surface area contributed by atoms with Gasteiger partial charge in [-0.1, -0.05) is 0 Å². The summed E-state index contributed by atoms with van der Waals surface area (Å²) in [5.74, 6) is 0. The lowest BCUT2D eigenvalue weighted by molar-refractivity contribution is 0.235. The maximum atomic E-state index is 3.93. The fourth-order valence-corrected chi connectivity index (χ4v) is 1.02. The van der Waals surface area contributed by atoms with E-state index >= 15 is 0 Å². The summed E-state index contributed by atoms with van der Waals surface area (Å²) in [6, 6.07) is 0. The van der Waals surface area contributed by atoms with Crippen LogP contribution in [-0.4, -0.2) is 75.6 Å². The molecule has 0 unspecified atom stereocenters. The smallest absolute Gasteiger partial charge is 0.0110 e. The molecule has 0 fully saturated rings. The number of nitrogens with zero attached hydrogens (tertiary/aromatic N) is 3. The van der Waals surface area contributed by atoms with Crippen LogP contribution in [0.1, 0.15) is 0 Å². The Bertz CT molecular complexity index is 101. The molecule has 0 saturated carbocycles. The molecule has 0 bridgehead atoms.